The molecule has 0 aromatic heterocycles. The minimum absolute atomic E-state index is 0.0796. The van der Waals surface area contributed by atoms with E-state index in [1.165, 1.54) is 13.2 Å². The molecule has 3 aromatic rings. The fourth-order valence-electron chi connectivity index (χ4n) is 4.02. The molecule has 1 aliphatic rings. The van der Waals surface area contributed by atoms with Crippen LogP contribution in [0.1, 0.15) is 11.1 Å². The van der Waals surface area contributed by atoms with Crippen molar-refractivity contribution in [3.05, 3.63) is 114 Å². The molecule has 7 heteroatoms. The highest BCUT2D eigenvalue weighted by Gasteiger charge is 2.55. The number of halogens is 2. The molecule has 5 nitrogen and oxygen atoms in total. The molecule has 184 valence electrons. The number of ether oxygens (including phenoxy) is 1. The summed E-state index contributed by atoms with van der Waals surface area (Å²) in [6.07, 6.45) is 3.42. The number of alkyl halides is 2. The number of methoxy groups -OCH3 is 1. The van der Waals surface area contributed by atoms with E-state index in [4.69, 9.17) is 16.3 Å². The standard InChI is InChI=1S/C29H25ClFNO4/c1-36-26(33)25(18-20-12-14-23(15-13-20)21-8-4-2-5-9-21)32-27(34)28(30)19-24(16-17-29(28,31)35)22-10-6-3-7-11-22/h2-17,19,25,35H,18H2,1H3,(H,32,34)/t25-,28?,29?/m0/s1. The molecule has 0 fully saturated rings. The van der Waals surface area contributed by atoms with Crippen molar-refractivity contribution in [1.82, 2.24) is 5.32 Å². The molecular weight excluding hydrogens is 481 g/mol. The molecule has 3 aromatic carbocycles. The summed E-state index contributed by atoms with van der Waals surface area (Å²) in [4.78, 5) is 23.2. The molecule has 4 rings (SSSR count). The predicted octanol–water partition coefficient (Wildman–Crippen LogP) is 4.84. The molecule has 0 aliphatic heterocycles. The lowest BCUT2D eigenvalue weighted by Crippen LogP contribution is -2.59. The third-order valence-corrected chi connectivity index (χ3v) is 6.62. The molecule has 3 atom stereocenters. The number of rotatable bonds is 7. The van der Waals surface area contributed by atoms with Gasteiger partial charge in [-0.15, -0.1) is 0 Å². The minimum atomic E-state index is -3.19. The van der Waals surface area contributed by atoms with Gasteiger partial charge in [0.05, 0.1) is 7.11 Å². The molecule has 0 heterocycles. The van der Waals surface area contributed by atoms with Crippen LogP contribution in [0.3, 0.4) is 0 Å². The van der Waals surface area contributed by atoms with Gasteiger partial charge < -0.3 is 15.2 Å². The topological polar surface area (TPSA) is 75.6 Å². The van der Waals surface area contributed by atoms with Crippen LogP contribution in [0, 0.1) is 0 Å². The van der Waals surface area contributed by atoms with E-state index in [2.05, 4.69) is 5.32 Å². The summed E-state index contributed by atoms with van der Waals surface area (Å²) < 4.78 is 20.0. The maximum atomic E-state index is 15.1. The number of aliphatic hydroxyl groups is 1. The van der Waals surface area contributed by atoms with Gasteiger partial charge >= 0.3 is 5.97 Å². The monoisotopic (exact) mass is 505 g/mol. The third kappa shape index (κ3) is 5.25. The Kier molecular flexibility index (Phi) is 7.38. The van der Waals surface area contributed by atoms with Gasteiger partial charge in [0.25, 0.3) is 11.8 Å². The summed E-state index contributed by atoms with van der Waals surface area (Å²) >= 11 is 6.43. The van der Waals surface area contributed by atoms with E-state index >= 15 is 4.39 Å². The SMILES string of the molecule is COC(=O)[C@H](Cc1ccc(-c2ccccc2)cc1)NC(=O)C1(Cl)C=C(c2ccccc2)C=CC1(O)F. The minimum Gasteiger partial charge on any atom is -0.467 e. The van der Waals surface area contributed by atoms with E-state index in [-0.39, 0.29) is 6.42 Å². The van der Waals surface area contributed by atoms with Crippen LogP contribution in [0.4, 0.5) is 4.39 Å². The van der Waals surface area contributed by atoms with Crippen molar-refractivity contribution in [2.45, 2.75) is 23.2 Å². The first-order valence-corrected chi connectivity index (χ1v) is 11.7. The Morgan fingerprint density at radius 3 is 2.08 bits per heavy atom. The van der Waals surface area contributed by atoms with Crippen LogP contribution in [-0.4, -0.2) is 40.9 Å². The third-order valence-electron chi connectivity index (χ3n) is 6.08. The average Bonchev–Trinajstić information content (AvgIpc) is 2.90. The summed E-state index contributed by atoms with van der Waals surface area (Å²) in [7, 11) is 1.19. The van der Waals surface area contributed by atoms with E-state index in [1.807, 2.05) is 60.7 Å². The van der Waals surface area contributed by atoms with Crippen LogP contribution in [0.5, 0.6) is 0 Å². The first kappa shape index (κ1) is 25.4. The normalized spacial score (nSPS) is 21.8. The lowest BCUT2D eigenvalue weighted by Gasteiger charge is -2.35. The summed E-state index contributed by atoms with van der Waals surface area (Å²) in [6, 6.07) is 25.0. The van der Waals surface area contributed by atoms with Gasteiger partial charge in [0.2, 0.25) is 4.87 Å². The van der Waals surface area contributed by atoms with Gasteiger partial charge in [-0.1, -0.05) is 103 Å². The summed E-state index contributed by atoms with van der Waals surface area (Å²) in [5.41, 5.74) is 3.92. The number of allylic oxidation sites excluding steroid dienone is 2. The van der Waals surface area contributed by atoms with Crippen molar-refractivity contribution >= 4 is 29.1 Å². The van der Waals surface area contributed by atoms with Gasteiger partial charge in [-0.3, -0.25) is 4.79 Å². The van der Waals surface area contributed by atoms with E-state index in [0.717, 1.165) is 28.8 Å². The summed E-state index contributed by atoms with van der Waals surface area (Å²) in [5, 5.41) is 12.8. The van der Waals surface area contributed by atoms with Gasteiger partial charge in [-0.05, 0) is 40.0 Å². The zero-order valence-electron chi connectivity index (χ0n) is 19.5. The van der Waals surface area contributed by atoms with Crippen molar-refractivity contribution in [2.75, 3.05) is 7.11 Å². The highest BCUT2D eigenvalue weighted by Crippen LogP contribution is 2.41. The smallest absolute Gasteiger partial charge is 0.328 e. The van der Waals surface area contributed by atoms with E-state index < -0.39 is 28.6 Å². The molecule has 0 radical (unpaired) electrons. The number of carbonyl (C=O) groups is 2. The quantitative estimate of drug-likeness (QED) is 0.356. The summed E-state index contributed by atoms with van der Waals surface area (Å²) in [5.74, 6) is -4.98. The lowest BCUT2D eigenvalue weighted by atomic mass is 9.87. The molecule has 0 bridgehead atoms. The Bertz CT molecular complexity index is 1290. The number of hydrogen-bond donors (Lipinski definition) is 2. The zero-order chi connectivity index (χ0) is 25.8. The van der Waals surface area contributed by atoms with Crippen molar-refractivity contribution in [3.63, 3.8) is 0 Å². The Hall–Kier alpha value is -3.74. The van der Waals surface area contributed by atoms with Crippen molar-refractivity contribution < 1.29 is 23.8 Å². The van der Waals surface area contributed by atoms with Gasteiger partial charge in [0, 0.05) is 6.42 Å². The van der Waals surface area contributed by atoms with E-state index in [9.17, 15) is 14.7 Å². The van der Waals surface area contributed by atoms with Crippen molar-refractivity contribution in [2.24, 2.45) is 0 Å². The number of amides is 1. The van der Waals surface area contributed by atoms with Crippen LogP contribution < -0.4 is 5.32 Å². The number of carbonyl (C=O) groups excluding carboxylic acids is 2. The predicted molar refractivity (Wildman–Crippen MR) is 138 cm³/mol. The average molecular weight is 506 g/mol. The second kappa shape index (κ2) is 10.5. The zero-order valence-corrected chi connectivity index (χ0v) is 20.3. The largest absolute Gasteiger partial charge is 0.467 e. The van der Waals surface area contributed by atoms with Gasteiger partial charge in [-0.2, -0.15) is 0 Å². The Balaban J connectivity index is 1.57. The fraction of sp³-hybridized carbons (Fsp3) is 0.172. The van der Waals surface area contributed by atoms with Crippen LogP contribution in [0.25, 0.3) is 16.7 Å². The second-order valence-corrected chi connectivity index (χ2v) is 9.10. The molecule has 0 saturated carbocycles. The molecule has 36 heavy (non-hydrogen) atoms. The van der Waals surface area contributed by atoms with Crippen LogP contribution in [0.15, 0.2) is 103 Å². The molecule has 2 N–H and O–H groups in total. The Morgan fingerprint density at radius 2 is 1.50 bits per heavy atom. The van der Waals surface area contributed by atoms with Crippen molar-refractivity contribution in [3.8, 4) is 11.1 Å². The van der Waals surface area contributed by atoms with E-state index in [1.54, 1.807) is 24.3 Å². The van der Waals surface area contributed by atoms with Gasteiger partial charge in [-0.25, -0.2) is 9.18 Å². The highest BCUT2D eigenvalue weighted by atomic mass is 35.5. The fourth-order valence-corrected chi connectivity index (χ4v) is 4.25. The molecule has 0 spiro atoms. The number of hydrogen-bond acceptors (Lipinski definition) is 4. The highest BCUT2D eigenvalue weighted by molar-refractivity contribution is 6.38. The maximum absolute atomic E-state index is 15.1. The Labute approximate surface area is 213 Å². The first-order valence-electron chi connectivity index (χ1n) is 11.3. The van der Waals surface area contributed by atoms with Gasteiger partial charge in [0.1, 0.15) is 6.04 Å². The second-order valence-electron chi connectivity index (χ2n) is 8.50. The molecule has 0 saturated heterocycles. The van der Waals surface area contributed by atoms with Crippen molar-refractivity contribution in [1.29, 1.82) is 0 Å². The molecular formula is C29H25ClFNO4. The Morgan fingerprint density at radius 1 is 0.944 bits per heavy atom. The molecule has 1 aliphatic carbocycles. The number of nitrogens with one attached hydrogen (secondary N) is 1. The van der Waals surface area contributed by atoms with Crippen LogP contribution in [-0.2, 0) is 20.7 Å². The summed E-state index contributed by atoms with van der Waals surface area (Å²) in [6.45, 7) is 0. The molecule has 2 unspecified atom stereocenters. The van der Waals surface area contributed by atoms with Crippen LogP contribution >= 0.6 is 11.6 Å². The maximum Gasteiger partial charge on any atom is 0.328 e. The lowest BCUT2D eigenvalue weighted by molar-refractivity contribution is -0.148. The van der Waals surface area contributed by atoms with Crippen LogP contribution in [0.2, 0.25) is 0 Å². The first-order chi connectivity index (χ1) is 17.2. The number of benzene rings is 3. The molecule has 1 amide bonds. The van der Waals surface area contributed by atoms with Gasteiger partial charge in [0.15, 0.2) is 0 Å². The number of esters is 1. The van der Waals surface area contributed by atoms with E-state index in [0.29, 0.717) is 11.1 Å².